The predicted molar refractivity (Wildman–Crippen MR) is 86.1 cm³/mol. The Kier molecular flexibility index (Phi) is 4.15. The molecule has 0 heterocycles. The van der Waals surface area contributed by atoms with Gasteiger partial charge in [-0.3, -0.25) is 4.79 Å². The van der Waals surface area contributed by atoms with Gasteiger partial charge in [0.1, 0.15) is 23.1 Å². The number of hydrogen-bond donors (Lipinski definition) is 1. The summed E-state index contributed by atoms with van der Waals surface area (Å²) in [5, 5.41) is 9.96. The highest BCUT2D eigenvalue weighted by Crippen LogP contribution is 2.34. The quantitative estimate of drug-likeness (QED) is 0.881. The first-order chi connectivity index (χ1) is 11.1. The second-order valence-electron chi connectivity index (χ2n) is 5.47. The van der Waals surface area contributed by atoms with Crippen LogP contribution in [0.2, 0.25) is 0 Å². The minimum Gasteiger partial charge on any atom is -0.512 e. The summed E-state index contributed by atoms with van der Waals surface area (Å²) in [6, 6.07) is 11.2. The van der Waals surface area contributed by atoms with Crippen LogP contribution in [0.5, 0.6) is 11.5 Å². The number of Topliss-reactive ketones (excluding diaryl/α,β-unsaturated/α-hetero) is 1. The highest BCUT2D eigenvalue weighted by molar-refractivity contribution is 6.23. The average molecular weight is 312 g/mol. The lowest BCUT2D eigenvalue weighted by atomic mass is 9.96. The molecule has 2 aromatic carbocycles. The van der Waals surface area contributed by atoms with Gasteiger partial charge in [-0.05, 0) is 53.9 Å². The molecule has 3 nitrogen and oxygen atoms in total. The maximum absolute atomic E-state index is 12.9. The van der Waals surface area contributed by atoms with E-state index in [1.54, 1.807) is 24.3 Å². The lowest BCUT2D eigenvalue weighted by Gasteiger charge is -2.12. The largest absolute Gasteiger partial charge is 0.512 e. The standard InChI is InChI=1S/C19H17FO3/c1-2-12-11-15(23-14-5-3-13(20)4-6-14)7-8-16(12)19-17(21)9-10-18(19)22/h3-8,11,21H,2,9-10H2,1H3. The van der Waals surface area contributed by atoms with Gasteiger partial charge in [0.25, 0.3) is 0 Å². The number of rotatable bonds is 4. The molecule has 23 heavy (non-hydrogen) atoms. The van der Waals surface area contributed by atoms with Crippen LogP contribution in [0.15, 0.2) is 48.2 Å². The van der Waals surface area contributed by atoms with E-state index in [1.165, 1.54) is 12.1 Å². The fourth-order valence-electron chi connectivity index (χ4n) is 2.76. The van der Waals surface area contributed by atoms with Crippen LogP contribution in [0.3, 0.4) is 0 Å². The van der Waals surface area contributed by atoms with Gasteiger partial charge < -0.3 is 9.84 Å². The van der Waals surface area contributed by atoms with Crippen molar-refractivity contribution in [1.82, 2.24) is 0 Å². The van der Waals surface area contributed by atoms with Crippen LogP contribution in [-0.4, -0.2) is 10.9 Å². The first kappa shape index (κ1) is 15.3. The number of aliphatic hydroxyl groups excluding tert-OH is 1. The van der Waals surface area contributed by atoms with Crippen LogP contribution in [0, 0.1) is 5.82 Å². The third-order valence-corrected chi connectivity index (χ3v) is 3.93. The fourth-order valence-corrected chi connectivity index (χ4v) is 2.76. The fraction of sp³-hybridized carbons (Fsp3) is 0.211. The second-order valence-corrected chi connectivity index (χ2v) is 5.47. The summed E-state index contributed by atoms with van der Waals surface area (Å²) in [4.78, 5) is 12.0. The first-order valence-electron chi connectivity index (χ1n) is 7.60. The van der Waals surface area contributed by atoms with Crippen molar-refractivity contribution in [3.8, 4) is 11.5 Å². The van der Waals surface area contributed by atoms with E-state index < -0.39 is 0 Å². The molecular weight excluding hydrogens is 295 g/mol. The summed E-state index contributed by atoms with van der Waals surface area (Å²) in [5.41, 5.74) is 2.12. The molecule has 0 unspecified atom stereocenters. The van der Waals surface area contributed by atoms with Gasteiger partial charge in [-0.15, -0.1) is 0 Å². The molecule has 0 aliphatic heterocycles. The summed E-state index contributed by atoms with van der Waals surface area (Å²) in [5.74, 6) is 0.980. The van der Waals surface area contributed by atoms with Crippen molar-refractivity contribution in [3.05, 3.63) is 65.2 Å². The molecule has 2 aromatic rings. The van der Waals surface area contributed by atoms with Crippen LogP contribution >= 0.6 is 0 Å². The van der Waals surface area contributed by atoms with Crippen LogP contribution in [0.1, 0.15) is 30.9 Å². The summed E-state index contributed by atoms with van der Waals surface area (Å²) in [6.45, 7) is 1.98. The Morgan fingerprint density at radius 1 is 1.09 bits per heavy atom. The van der Waals surface area contributed by atoms with E-state index in [9.17, 15) is 14.3 Å². The first-order valence-corrected chi connectivity index (χ1v) is 7.60. The summed E-state index contributed by atoms with van der Waals surface area (Å²) >= 11 is 0. The molecule has 0 saturated heterocycles. The number of ketones is 1. The Morgan fingerprint density at radius 2 is 1.78 bits per heavy atom. The minimum absolute atomic E-state index is 0.0237. The van der Waals surface area contributed by atoms with Gasteiger partial charge >= 0.3 is 0 Å². The van der Waals surface area contributed by atoms with Gasteiger partial charge in [-0.1, -0.05) is 13.0 Å². The molecule has 0 saturated carbocycles. The Hall–Kier alpha value is -2.62. The van der Waals surface area contributed by atoms with E-state index in [1.807, 2.05) is 13.0 Å². The summed E-state index contributed by atoms with van der Waals surface area (Å²) < 4.78 is 18.6. The molecule has 0 atom stereocenters. The van der Waals surface area contributed by atoms with Crippen LogP contribution in [0.4, 0.5) is 4.39 Å². The molecule has 0 aromatic heterocycles. The lowest BCUT2D eigenvalue weighted by molar-refractivity contribution is -0.113. The Bertz CT molecular complexity index is 776. The van der Waals surface area contributed by atoms with Crippen molar-refractivity contribution in [2.75, 3.05) is 0 Å². The molecule has 118 valence electrons. The maximum Gasteiger partial charge on any atom is 0.167 e. The Balaban J connectivity index is 1.92. The number of carbonyl (C=O) groups is 1. The van der Waals surface area contributed by atoms with Gasteiger partial charge in [0, 0.05) is 12.8 Å². The van der Waals surface area contributed by atoms with E-state index in [0.717, 1.165) is 11.1 Å². The lowest BCUT2D eigenvalue weighted by Crippen LogP contribution is -2.00. The van der Waals surface area contributed by atoms with Crippen LogP contribution < -0.4 is 4.74 Å². The molecule has 1 aliphatic rings. The van der Waals surface area contributed by atoms with Gasteiger partial charge in [-0.25, -0.2) is 4.39 Å². The average Bonchev–Trinajstić information content (AvgIpc) is 2.88. The third kappa shape index (κ3) is 3.11. The summed E-state index contributed by atoms with van der Waals surface area (Å²) in [7, 11) is 0. The van der Waals surface area contributed by atoms with Crippen molar-refractivity contribution in [2.45, 2.75) is 26.2 Å². The van der Waals surface area contributed by atoms with E-state index in [0.29, 0.717) is 36.3 Å². The smallest absolute Gasteiger partial charge is 0.167 e. The van der Waals surface area contributed by atoms with E-state index >= 15 is 0 Å². The SMILES string of the molecule is CCc1cc(Oc2ccc(F)cc2)ccc1C1=C(O)CCC1=O. The molecular formula is C19H17FO3. The van der Waals surface area contributed by atoms with Crippen molar-refractivity contribution >= 4 is 11.4 Å². The van der Waals surface area contributed by atoms with Crippen molar-refractivity contribution in [3.63, 3.8) is 0 Å². The molecule has 0 fully saturated rings. The Labute approximate surface area is 134 Å². The molecule has 0 bridgehead atoms. The number of carbonyl (C=O) groups excluding carboxylic acids is 1. The topological polar surface area (TPSA) is 46.5 Å². The van der Waals surface area contributed by atoms with Crippen LogP contribution in [0.25, 0.3) is 5.57 Å². The van der Waals surface area contributed by atoms with Gasteiger partial charge in [-0.2, -0.15) is 0 Å². The van der Waals surface area contributed by atoms with Crippen molar-refractivity contribution in [1.29, 1.82) is 0 Å². The highest BCUT2D eigenvalue weighted by atomic mass is 19.1. The zero-order valence-corrected chi connectivity index (χ0v) is 12.8. The maximum atomic E-state index is 12.9. The number of aryl methyl sites for hydroxylation is 1. The molecule has 0 radical (unpaired) electrons. The van der Waals surface area contributed by atoms with E-state index in [-0.39, 0.29) is 17.4 Å². The van der Waals surface area contributed by atoms with Crippen LogP contribution in [-0.2, 0) is 11.2 Å². The van der Waals surface area contributed by atoms with Crippen molar-refractivity contribution < 1.29 is 19.0 Å². The van der Waals surface area contributed by atoms with E-state index in [2.05, 4.69) is 0 Å². The molecule has 1 aliphatic carbocycles. The highest BCUT2D eigenvalue weighted by Gasteiger charge is 2.25. The summed E-state index contributed by atoms with van der Waals surface area (Å²) in [6.07, 6.45) is 1.48. The normalized spacial score (nSPS) is 14.4. The molecule has 0 spiro atoms. The molecule has 3 rings (SSSR count). The number of hydrogen-bond acceptors (Lipinski definition) is 3. The number of ether oxygens (including phenoxy) is 1. The number of benzene rings is 2. The number of halogens is 1. The zero-order valence-electron chi connectivity index (χ0n) is 12.8. The minimum atomic E-state index is -0.316. The molecule has 4 heteroatoms. The number of allylic oxidation sites excluding steroid dienone is 2. The number of aliphatic hydroxyl groups is 1. The molecule has 1 N–H and O–H groups in total. The van der Waals surface area contributed by atoms with Gasteiger partial charge in [0.2, 0.25) is 0 Å². The Morgan fingerprint density at radius 3 is 2.39 bits per heavy atom. The van der Waals surface area contributed by atoms with Gasteiger partial charge in [0.05, 0.1) is 5.57 Å². The van der Waals surface area contributed by atoms with Gasteiger partial charge in [0.15, 0.2) is 5.78 Å². The van der Waals surface area contributed by atoms with Crippen molar-refractivity contribution in [2.24, 2.45) is 0 Å². The van der Waals surface area contributed by atoms with E-state index in [4.69, 9.17) is 4.74 Å². The zero-order chi connectivity index (χ0) is 16.4. The molecule has 0 amide bonds. The monoisotopic (exact) mass is 312 g/mol. The second kappa shape index (κ2) is 6.24. The predicted octanol–water partition coefficient (Wildman–Crippen LogP) is 4.81. The third-order valence-electron chi connectivity index (χ3n) is 3.93.